The number of ether oxygens (including phenoxy) is 1. The second-order valence-corrected chi connectivity index (χ2v) is 7.91. The Morgan fingerprint density at radius 3 is 2.44 bits per heavy atom. The molecule has 2 bridgehead atoms. The molecule has 0 aromatic heterocycles. The van der Waals surface area contributed by atoms with Gasteiger partial charge in [-0.25, -0.2) is 0 Å². The summed E-state index contributed by atoms with van der Waals surface area (Å²) in [5.74, 6) is 1.81. The molecule has 0 saturated heterocycles. The topological polar surface area (TPSA) is 21.3 Å². The molecule has 2 nitrogen and oxygen atoms in total. The first-order valence-corrected chi connectivity index (χ1v) is 7.72. The van der Waals surface area contributed by atoms with Gasteiger partial charge in [-0.3, -0.25) is 0 Å². The van der Waals surface area contributed by atoms with E-state index in [-0.39, 0.29) is 0 Å². The van der Waals surface area contributed by atoms with Gasteiger partial charge in [-0.1, -0.05) is 20.8 Å². The summed E-state index contributed by atoms with van der Waals surface area (Å²) in [6, 6.07) is 1.28. The van der Waals surface area contributed by atoms with Gasteiger partial charge in [0.2, 0.25) is 0 Å². The van der Waals surface area contributed by atoms with Gasteiger partial charge < -0.3 is 10.1 Å². The fourth-order valence-corrected chi connectivity index (χ4v) is 4.93. The maximum absolute atomic E-state index is 5.43. The summed E-state index contributed by atoms with van der Waals surface area (Å²) in [5.41, 5.74) is 1.00. The van der Waals surface area contributed by atoms with Crippen LogP contribution in [0.2, 0.25) is 0 Å². The van der Waals surface area contributed by atoms with Gasteiger partial charge in [0.1, 0.15) is 0 Å². The summed E-state index contributed by atoms with van der Waals surface area (Å²) in [4.78, 5) is 0. The van der Waals surface area contributed by atoms with Gasteiger partial charge in [-0.15, -0.1) is 0 Å². The molecule has 0 aromatic rings. The number of hydrogen-bond acceptors (Lipinski definition) is 2. The molecule has 3 aliphatic carbocycles. The highest BCUT2D eigenvalue weighted by Crippen LogP contribution is 2.62. The second-order valence-electron chi connectivity index (χ2n) is 7.91. The summed E-state index contributed by atoms with van der Waals surface area (Å²) in [7, 11) is 1.84. The molecule has 0 heterocycles. The highest BCUT2D eigenvalue weighted by Gasteiger charge is 2.59. The van der Waals surface area contributed by atoms with Gasteiger partial charge in [0, 0.05) is 19.2 Å². The minimum atomic E-state index is 0.466. The van der Waals surface area contributed by atoms with Crippen molar-refractivity contribution in [1.82, 2.24) is 5.32 Å². The van der Waals surface area contributed by atoms with E-state index in [4.69, 9.17) is 4.74 Å². The van der Waals surface area contributed by atoms with Crippen LogP contribution in [0.5, 0.6) is 0 Å². The molecule has 3 aliphatic rings. The van der Waals surface area contributed by atoms with Gasteiger partial charge in [0.15, 0.2) is 0 Å². The average Bonchev–Trinajstić information content (AvgIpc) is 3.03. The molecule has 4 unspecified atom stereocenters. The normalized spacial score (nSPS) is 43.3. The third-order valence-corrected chi connectivity index (χ3v) is 6.19. The molecular formula is C16H29NO. The van der Waals surface area contributed by atoms with Crippen LogP contribution in [-0.2, 0) is 4.74 Å². The lowest BCUT2D eigenvalue weighted by Crippen LogP contribution is -2.55. The van der Waals surface area contributed by atoms with E-state index in [1.165, 1.54) is 32.1 Å². The van der Waals surface area contributed by atoms with E-state index in [9.17, 15) is 0 Å². The molecular weight excluding hydrogens is 222 g/mol. The van der Waals surface area contributed by atoms with Crippen molar-refractivity contribution in [3.05, 3.63) is 0 Å². The number of fused-ring (bicyclic) bond motifs is 2. The monoisotopic (exact) mass is 251 g/mol. The lowest BCUT2D eigenvalue weighted by Gasteiger charge is -2.45. The first kappa shape index (κ1) is 12.9. The Balaban J connectivity index is 1.74. The largest absolute Gasteiger partial charge is 0.383 e. The fourth-order valence-electron chi connectivity index (χ4n) is 4.93. The Morgan fingerprint density at radius 1 is 1.22 bits per heavy atom. The molecule has 2 heteroatoms. The van der Waals surface area contributed by atoms with E-state index < -0.39 is 0 Å². The molecule has 18 heavy (non-hydrogen) atoms. The minimum absolute atomic E-state index is 0.466. The van der Waals surface area contributed by atoms with Crippen LogP contribution in [0.4, 0.5) is 0 Å². The first-order valence-electron chi connectivity index (χ1n) is 7.72. The van der Waals surface area contributed by atoms with Crippen LogP contribution in [0, 0.1) is 22.7 Å². The summed E-state index contributed by atoms with van der Waals surface area (Å²) in [5, 5.41) is 4.02. The van der Waals surface area contributed by atoms with E-state index in [2.05, 4.69) is 26.1 Å². The summed E-state index contributed by atoms with van der Waals surface area (Å²) >= 11 is 0. The zero-order valence-electron chi connectivity index (χ0n) is 12.5. The summed E-state index contributed by atoms with van der Waals surface area (Å²) < 4.78 is 5.43. The van der Waals surface area contributed by atoms with Crippen molar-refractivity contribution < 1.29 is 4.74 Å². The number of nitrogens with one attached hydrogen (secondary N) is 1. The summed E-state index contributed by atoms with van der Waals surface area (Å²) in [6.45, 7) is 8.36. The van der Waals surface area contributed by atoms with Crippen LogP contribution in [0.15, 0.2) is 0 Å². The van der Waals surface area contributed by atoms with Gasteiger partial charge in [-0.2, -0.15) is 0 Å². The zero-order valence-corrected chi connectivity index (χ0v) is 12.5. The van der Waals surface area contributed by atoms with Crippen LogP contribution >= 0.6 is 0 Å². The number of methoxy groups -OCH3 is 1. The molecule has 0 amide bonds. The van der Waals surface area contributed by atoms with E-state index >= 15 is 0 Å². The number of rotatable bonds is 5. The van der Waals surface area contributed by atoms with Gasteiger partial charge in [0.05, 0.1) is 6.61 Å². The molecule has 0 aliphatic heterocycles. The molecule has 3 saturated carbocycles. The Bertz CT molecular complexity index is 318. The van der Waals surface area contributed by atoms with Crippen LogP contribution < -0.4 is 5.32 Å². The fraction of sp³-hybridized carbons (Fsp3) is 1.00. The standard InChI is InChI=1S/C16H29NO/c1-15(2)12-7-8-16(3,9-12)14(15)17-13(10-18-4)11-5-6-11/h11-14,17H,5-10H2,1-4H3. The van der Waals surface area contributed by atoms with Crippen LogP contribution in [0.1, 0.15) is 52.9 Å². The average molecular weight is 251 g/mol. The van der Waals surface area contributed by atoms with Crippen molar-refractivity contribution in [2.24, 2.45) is 22.7 Å². The third-order valence-electron chi connectivity index (χ3n) is 6.19. The van der Waals surface area contributed by atoms with Crippen LogP contribution in [-0.4, -0.2) is 25.8 Å². The van der Waals surface area contributed by atoms with Crippen LogP contribution in [0.25, 0.3) is 0 Å². The lowest BCUT2D eigenvalue weighted by molar-refractivity contribution is 0.0728. The van der Waals surface area contributed by atoms with Gasteiger partial charge in [-0.05, 0) is 54.8 Å². The van der Waals surface area contributed by atoms with E-state index in [1.54, 1.807) is 0 Å². The number of hydrogen-bond donors (Lipinski definition) is 1. The molecule has 3 rings (SSSR count). The Morgan fingerprint density at radius 2 is 1.94 bits per heavy atom. The van der Waals surface area contributed by atoms with Gasteiger partial charge >= 0.3 is 0 Å². The van der Waals surface area contributed by atoms with Crippen molar-refractivity contribution in [3.8, 4) is 0 Å². The summed E-state index contributed by atoms with van der Waals surface area (Å²) in [6.07, 6.45) is 7.09. The van der Waals surface area contributed by atoms with E-state index in [0.717, 1.165) is 18.4 Å². The van der Waals surface area contributed by atoms with Crippen molar-refractivity contribution in [1.29, 1.82) is 0 Å². The predicted octanol–water partition coefficient (Wildman–Crippen LogP) is 3.22. The maximum Gasteiger partial charge on any atom is 0.0618 e. The lowest BCUT2D eigenvalue weighted by atomic mass is 9.68. The van der Waals surface area contributed by atoms with E-state index in [1.807, 2.05) is 7.11 Å². The van der Waals surface area contributed by atoms with Crippen LogP contribution in [0.3, 0.4) is 0 Å². The highest BCUT2D eigenvalue weighted by molar-refractivity contribution is 5.13. The maximum atomic E-state index is 5.43. The van der Waals surface area contributed by atoms with Crippen molar-refractivity contribution >= 4 is 0 Å². The Kier molecular flexibility index (Phi) is 3.02. The predicted molar refractivity (Wildman–Crippen MR) is 74.5 cm³/mol. The first-order chi connectivity index (χ1) is 8.47. The molecule has 0 spiro atoms. The highest BCUT2D eigenvalue weighted by atomic mass is 16.5. The van der Waals surface area contributed by atoms with E-state index in [0.29, 0.717) is 22.9 Å². The van der Waals surface area contributed by atoms with Crippen molar-refractivity contribution in [2.75, 3.05) is 13.7 Å². The molecule has 3 fully saturated rings. The second kappa shape index (κ2) is 4.21. The minimum Gasteiger partial charge on any atom is -0.383 e. The molecule has 4 atom stereocenters. The van der Waals surface area contributed by atoms with Gasteiger partial charge in [0.25, 0.3) is 0 Å². The Labute approximate surface area is 112 Å². The molecule has 0 radical (unpaired) electrons. The quantitative estimate of drug-likeness (QED) is 0.810. The molecule has 104 valence electrons. The SMILES string of the molecule is COCC(NC1C2(C)CCC(C2)C1(C)C)C1CC1. The molecule has 1 N–H and O–H groups in total. The zero-order chi connectivity index (χ0) is 13.0. The third kappa shape index (κ3) is 1.92. The smallest absolute Gasteiger partial charge is 0.0618 e. The van der Waals surface area contributed by atoms with Crippen molar-refractivity contribution in [3.63, 3.8) is 0 Å². The molecule has 0 aromatic carbocycles. The Hall–Kier alpha value is -0.0800. The van der Waals surface area contributed by atoms with Crippen molar-refractivity contribution in [2.45, 2.75) is 65.0 Å².